The third-order valence-electron chi connectivity index (χ3n) is 6.92. The Morgan fingerprint density at radius 1 is 1.30 bits per heavy atom. The van der Waals surface area contributed by atoms with E-state index in [4.69, 9.17) is 0 Å². The summed E-state index contributed by atoms with van der Waals surface area (Å²) in [6.07, 6.45) is 5.29. The number of rotatable bonds is 4. The molecule has 1 aromatic rings. The number of hydrogen-bond donors (Lipinski definition) is 0. The highest BCUT2D eigenvalue weighted by molar-refractivity contribution is 5.56. The average Bonchev–Trinajstić information content (AvgIpc) is 2.72. The fraction of sp³-hybridized carbons (Fsp3) is 0.636. The molecule has 0 amide bonds. The summed E-state index contributed by atoms with van der Waals surface area (Å²) in [7, 11) is 0. The maximum atomic E-state index is 4.14. The van der Waals surface area contributed by atoms with Crippen LogP contribution in [0.1, 0.15) is 57.6 Å². The topological polar surface area (TPSA) is 3.24 Å². The van der Waals surface area contributed by atoms with Gasteiger partial charge in [0.2, 0.25) is 0 Å². The number of benzene rings is 1. The molecule has 1 aliphatic carbocycles. The van der Waals surface area contributed by atoms with E-state index in [9.17, 15) is 0 Å². The van der Waals surface area contributed by atoms with Gasteiger partial charge in [-0.2, -0.15) is 0 Å². The minimum absolute atomic E-state index is 0.540. The molecule has 3 rings (SSSR count). The Balaban J connectivity index is 1.88. The van der Waals surface area contributed by atoms with Crippen molar-refractivity contribution >= 4 is 5.69 Å². The minimum atomic E-state index is 0.540. The van der Waals surface area contributed by atoms with E-state index in [-0.39, 0.29) is 0 Å². The molecule has 23 heavy (non-hydrogen) atoms. The first-order chi connectivity index (χ1) is 10.8. The maximum absolute atomic E-state index is 4.14. The Hall–Kier alpha value is -1.24. The Bertz CT molecular complexity index is 602. The highest BCUT2D eigenvalue weighted by atomic mass is 15.2. The van der Waals surface area contributed by atoms with Gasteiger partial charge in [-0.1, -0.05) is 37.1 Å². The summed E-state index contributed by atoms with van der Waals surface area (Å²) in [5.41, 5.74) is 6.16. The van der Waals surface area contributed by atoms with Gasteiger partial charge in [0.05, 0.1) is 0 Å². The van der Waals surface area contributed by atoms with Crippen LogP contribution in [0.2, 0.25) is 0 Å². The van der Waals surface area contributed by atoms with Crippen molar-refractivity contribution in [3.8, 4) is 0 Å². The molecule has 2 aliphatic rings. The van der Waals surface area contributed by atoms with E-state index in [1.165, 1.54) is 54.6 Å². The van der Waals surface area contributed by atoms with Crippen molar-refractivity contribution in [2.24, 2.45) is 17.3 Å². The largest absolute Gasteiger partial charge is 0.368 e. The Labute approximate surface area is 142 Å². The molecular weight excluding hydrogens is 278 g/mol. The molecule has 2 bridgehead atoms. The third-order valence-corrected chi connectivity index (χ3v) is 6.92. The normalized spacial score (nSPS) is 33.1. The van der Waals surface area contributed by atoms with E-state index in [2.05, 4.69) is 64.3 Å². The number of aryl methyl sites for hydroxylation is 2. The molecule has 1 saturated heterocycles. The SMILES string of the molecule is C=C(C)CC[C@]12CC[C@H]([C@H]1C)N(c1ccc(C)cc1C)CC2C. The molecular formula is C22H33N. The van der Waals surface area contributed by atoms with Crippen molar-refractivity contribution in [1.82, 2.24) is 0 Å². The van der Waals surface area contributed by atoms with Gasteiger partial charge in [-0.15, -0.1) is 6.58 Å². The molecule has 1 heterocycles. The Morgan fingerprint density at radius 2 is 2.04 bits per heavy atom. The molecule has 1 aromatic carbocycles. The van der Waals surface area contributed by atoms with Gasteiger partial charge < -0.3 is 4.90 Å². The predicted molar refractivity (Wildman–Crippen MR) is 101 cm³/mol. The molecule has 1 nitrogen and oxygen atoms in total. The van der Waals surface area contributed by atoms with Gasteiger partial charge in [-0.3, -0.25) is 0 Å². The van der Waals surface area contributed by atoms with E-state index in [1.54, 1.807) is 0 Å². The monoisotopic (exact) mass is 311 g/mol. The molecule has 126 valence electrons. The highest BCUT2D eigenvalue weighted by Gasteiger charge is 2.54. The zero-order valence-electron chi connectivity index (χ0n) is 15.7. The van der Waals surface area contributed by atoms with E-state index >= 15 is 0 Å². The first-order valence-corrected chi connectivity index (χ1v) is 9.33. The van der Waals surface area contributed by atoms with Crippen LogP contribution in [0, 0.1) is 31.1 Å². The summed E-state index contributed by atoms with van der Waals surface area (Å²) >= 11 is 0. The Kier molecular flexibility index (Phi) is 4.33. The first kappa shape index (κ1) is 16.6. The quantitative estimate of drug-likeness (QED) is 0.626. The molecule has 0 radical (unpaired) electrons. The lowest BCUT2D eigenvalue weighted by atomic mass is 9.63. The smallest absolute Gasteiger partial charge is 0.0398 e. The molecule has 0 aromatic heterocycles. The van der Waals surface area contributed by atoms with Crippen molar-refractivity contribution in [1.29, 1.82) is 0 Å². The highest BCUT2D eigenvalue weighted by Crippen LogP contribution is 2.57. The summed E-state index contributed by atoms with van der Waals surface area (Å²) < 4.78 is 0. The molecule has 2 fully saturated rings. The van der Waals surface area contributed by atoms with Crippen LogP contribution in [-0.2, 0) is 0 Å². The minimum Gasteiger partial charge on any atom is -0.368 e. The van der Waals surface area contributed by atoms with Crippen LogP contribution in [0.3, 0.4) is 0 Å². The summed E-state index contributed by atoms with van der Waals surface area (Å²) in [6, 6.07) is 7.68. The van der Waals surface area contributed by atoms with Crippen molar-refractivity contribution in [3.63, 3.8) is 0 Å². The molecule has 1 unspecified atom stereocenters. The summed E-state index contributed by atoms with van der Waals surface area (Å²) in [5, 5.41) is 0. The zero-order chi connectivity index (χ0) is 16.8. The van der Waals surface area contributed by atoms with Crippen LogP contribution in [-0.4, -0.2) is 12.6 Å². The fourth-order valence-electron chi connectivity index (χ4n) is 5.46. The van der Waals surface area contributed by atoms with Crippen LogP contribution in [0.15, 0.2) is 30.4 Å². The number of anilines is 1. The van der Waals surface area contributed by atoms with Crippen molar-refractivity contribution in [2.75, 3.05) is 11.4 Å². The van der Waals surface area contributed by atoms with Gasteiger partial charge in [0.25, 0.3) is 0 Å². The van der Waals surface area contributed by atoms with Gasteiger partial charge in [-0.25, -0.2) is 0 Å². The molecule has 1 heteroatoms. The predicted octanol–water partition coefficient (Wildman–Crippen LogP) is 5.90. The van der Waals surface area contributed by atoms with Crippen LogP contribution in [0.4, 0.5) is 5.69 Å². The summed E-state index contributed by atoms with van der Waals surface area (Å²) in [4.78, 5) is 2.73. The lowest BCUT2D eigenvalue weighted by Crippen LogP contribution is -2.52. The van der Waals surface area contributed by atoms with E-state index in [1.807, 2.05) is 0 Å². The van der Waals surface area contributed by atoms with Crippen molar-refractivity contribution in [2.45, 2.75) is 66.3 Å². The second-order valence-electron chi connectivity index (χ2n) is 8.43. The zero-order valence-corrected chi connectivity index (χ0v) is 15.7. The van der Waals surface area contributed by atoms with E-state index in [0.29, 0.717) is 5.41 Å². The second kappa shape index (κ2) is 6.00. The first-order valence-electron chi connectivity index (χ1n) is 9.33. The number of fused-ring (bicyclic) bond motifs is 2. The van der Waals surface area contributed by atoms with Crippen LogP contribution >= 0.6 is 0 Å². The van der Waals surface area contributed by atoms with Crippen LogP contribution in [0.5, 0.6) is 0 Å². The van der Waals surface area contributed by atoms with Gasteiger partial charge in [0, 0.05) is 18.3 Å². The van der Waals surface area contributed by atoms with Gasteiger partial charge in [0.1, 0.15) is 0 Å². The third kappa shape index (κ3) is 2.73. The molecule has 0 spiro atoms. The fourth-order valence-corrected chi connectivity index (χ4v) is 5.46. The number of piperidine rings is 1. The van der Waals surface area contributed by atoms with E-state index < -0.39 is 0 Å². The average molecular weight is 312 g/mol. The van der Waals surface area contributed by atoms with Gasteiger partial charge in [0.15, 0.2) is 0 Å². The molecule has 0 N–H and O–H groups in total. The number of hydrogen-bond acceptors (Lipinski definition) is 1. The lowest BCUT2D eigenvalue weighted by molar-refractivity contribution is 0.0798. The van der Waals surface area contributed by atoms with Crippen LogP contribution < -0.4 is 4.90 Å². The van der Waals surface area contributed by atoms with Crippen molar-refractivity contribution < 1.29 is 0 Å². The summed E-state index contributed by atoms with van der Waals surface area (Å²) in [5.74, 6) is 1.54. The second-order valence-corrected chi connectivity index (χ2v) is 8.43. The number of allylic oxidation sites excluding steroid dienone is 1. The Morgan fingerprint density at radius 3 is 2.70 bits per heavy atom. The molecule has 4 atom stereocenters. The van der Waals surface area contributed by atoms with Crippen LogP contribution in [0.25, 0.3) is 0 Å². The maximum Gasteiger partial charge on any atom is 0.0398 e. The lowest BCUT2D eigenvalue weighted by Gasteiger charge is -2.51. The van der Waals surface area contributed by atoms with Gasteiger partial charge >= 0.3 is 0 Å². The van der Waals surface area contributed by atoms with E-state index in [0.717, 1.165) is 17.9 Å². The van der Waals surface area contributed by atoms with Gasteiger partial charge in [-0.05, 0) is 75.3 Å². The number of nitrogens with zero attached hydrogens (tertiary/aromatic N) is 1. The summed E-state index contributed by atoms with van der Waals surface area (Å²) in [6.45, 7) is 17.0. The molecule has 1 aliphatic heterocycles. The van der Waals surface area contributed by atoms with Crippen molar-refractivity contribution in [3.05, 3.63) is 41.5 Å². The molecule has 1 saturated carbocycles. The standard InChI is InChI=1S/C22H33N/c1-15(2)9-11-22-12-10-21(19(22)6)23(14-18(22)5)20-8-7-16(3)13-17(20)4/h7-8,13,18-19,21H,1,9-12,14H2,2-6H3/t18?,19-,21-,22-/m1/s1.